The van der Waals surface area contributed by atoms with E-state index in [1.807, 2.05) is 0 Å². The van der Waals surface area contributed by atoms with Crippen molar-refractivity contribution in [3.8, 4) is 6.07 Å². The Labute approximate surface area is 197 Å². The van der Waals surface area contributed by atoms with Crippen LogP contribution in [-0.2, 0) is 19.2 Å². The van der Waals surface area contributed by atoms with Crippen LogP contribution in [0, 0.1) is 11.3 Å². The smallest absolute Gasteiger partial charge is 0.477 e. The van der Waals surface area contributed by atoms with Gasteiger partial charge in [-0.3, -0.25) is 19.4 Å². The SMILES string of the molecule is N#Cc1ccsc1N1CCC(=CC2=C(C(=O)O)N3C(=O)[C@@H](N)[C@H]3SC2)C1=O.O=C(O)C(F)(F)F. The number of thioether (sulfide) groups is 1. The number of nitrogens with zero attached hydrogens (tertiary/aromatic N) is 3. The minimum Gasteiger partial charge on any atom is -0.477 e. The van der Waals surface area contributed by atoms with Gasteiger partial charge in [-0.15, -0.1) is 23.1 Å². The number of nitrogens with two attached hydrogens (primary N) is 1. The fourth-order valence-corrected chi connectivity index (χ4v) is 5.53. The zero-order valence-electron chi connectivity index (χ0n) is 16.9. The number of carbonyl (C=O) groups excluding carboxylic acids is 2. The standard InChI is InChI=1S/C17H14N4O4S2.C2HF3O2/c18-6-9-2-4-26-15(9)20-3-1-8(13(20)22)5-10-7-27-16-11(19)14(23)21(16)12(10)17(24)25;3-2(4,5)1(6)7/h2,4-5,11,16H,1,3,7,19H2,(H,24,25);(H,6,7)/t11-,16-;/m1./s1. The highest BCUT2D eigenvalue weighted by Crippen LogP contribution is 2.41. The second-order valence-corrected chi connectivity index (χ2v) is 9.04. The monoisotopic (exact) mass is 516 g/mol. The van der Waals surface area contributed by atoms with Crippen LogP contribution in [0.2, 0.25) is 0 Å². The number of carboxylic acid groups (broad SMARTS) is 2. The van der Waals surface area contributed by atoms with E-state index in [0.717, 1.165) is 0 Å². The summed E-state index contributed by atoms with van der Waals surface area (Å²) in [7, 11) is 0. The van der Waals surface area contributed by atoms with E-state index in [0.29, 0.717) is 40.4 Å². The Morgan fingerprint density at radius 1 is 1.29 bits per heavy atom. The first-order chi connectivity index (χ1) is 15.9. The molecule has 0 aliphatic carbocycles. The molecule has 10 nitrogen and oxygen atoms in total. The van der Waals surface area contributed by atoms with Gasteiger partial charge in [-0.05, 0) is 29.5 Å². The predicted molar refractivity (Wildman–Crippen MR) is 114 cm³/mol. The molecule has 15 heteroatoms. The summed E-state index contributed by atoms with van der Waals surface area (Å²) in [6.07, 6.45) is -3.06. The Bertz CT molecular complexity index is 1170. The molecule has 4 N–H and O–H groups in total. The first kappa shape index (κ1) is 25.3. The second kappa shape index (κ2) is 9.49. The number of anilines is 1. The number of halogens is 3. The highest BCUT2D eigenvalue weighted by atomic mass is 32.2. The zero-order chi connectivity index (χ0) is 25.4. The molecular weight excluding hydrogens is 501 g/mol. The van der Waals surface area contributed by atoms with E-state index >= 15 is 0 Å². The molecule has 0 bridgehead atoms. The summed E-state index contributed by atoms with van der Waals surface area (Å²) in [6.45, 7) is 0.429. The number of nitriles is 1. The Morgan fingerprint density at radius 2 is 1.94 bits per heavy atom. The topological polar surface area (TPSA) is 165 Å². The van der Waals surface area contributed by atoms with Gasteiger partial charge in [0.15, 0.2) is 0 Å². The Balaban J connectivity index is 0.000000406. The summed E-state index contributed by atoms with van der Waals surface area (Å²) in [5, 5.41) is 27.9. The first-order valence-electron chi connectivity index (χ1n) is 9.35. The van der Waals surface area contributed by atoms with E-state index in [1.165, 1.54) is 28.0 Å². The summed E-state index contributed by atoms with van der Waals surface area (Å²) in [4.78, 5) is 48.2. The third-order valence-corrected chi connectivity index (χ3v) is 7.23. The lowest BCUT2D eigenvalue weighted by Gasteiger charge is -2.47. The minimum atomic E-state index is -5.08. The maximum Gasteiger partial charge on any atom is 0.490 e. The third-order valence-electron chi connectivity index (χ3n) is 4.97. The van der Waals surface area contributed by atoms with Crippen molar-refractivity contribution in [1.29, 1.82) is 5.26 Å². The number of fused-ring (bicyclic) bond motifs is 1. The van der Waals surface area contributed by atoms with Crippen molar-refractivity contribution in [2.75, 3.05) is 17.2 Å². The molecule has 4 heterocycles. The summed E-state index contributed by atoms with van der Waals surface area (Å²) in [5.41, 5.74) is 6.98. The van der Waals surface area contributed by atoms with Gasteiger partial charge in [0.05, 0.1) is 5.56 Å². The number of alkyl halides is 3. The lowest BCUT2D eigenvalue weighted by molar-refractivity contribution is -0.192. The van der Waals surface area contributed by atoms with Crippen molar-refractivity contribution in [3.05, 3.63) is 39.9 Å². The van der Waals surface area contributed by atoms with E-state index in [4.69, 9.17) is 20.9 Å². The number of rotatable bonds is 3. The van der Waals surface area contributed by atoms with Crippen LogP contribution < -0.4 is 10.6 Å². The molecule has 3 aliphatic rings. The van der Waals surface area contributed by atoms with E-state index in [1.54, 1.807) is 22.4 Å². The normalized spacial score (nSPS) is 23.2. The van der Waals surface area contributed by atoms with Crippen LogP contribution in [0.15, 0.2) is 34.4 Å². The molecule has 1 aromatic heterocycles. The van der Waals surface area contributed by atoms with Gasteiger partial charge in [0.2, 0.25) is 5.91 Å². The maximum atomic E-state index is 12.8. The van der Waals surface area contributed by atoms with Gasteiger partial charge in [0, 0.05) is 17.9 Å². The van der Waals surface area contributed by atoms with Crippen LogP contribution in [0.5, 0.6) is 0 Å². The number of hydrogen-bond donors (Lipinski definition) is 3. The summed E-state index contributed by atoms with van der Waals surface area (Å²) in [5.74, 6) is -4.27. The number of carboxylic acids is 2. The van der Waals surface area contributed by atoms with Crippen LogP contribution >= 0.6 is 23.1 Å². The fourth-order valence-electron chi connectivity index (χ4n) is 3.40. The summed E-state index contributed by atoms with van der Waals surface area (Å²) < 4.78 is 31.7. The molecule has 2 atom stereocenters. The van der Waals surface area contributed by atoms with E-state index in [-0.39, 0.29) is 17.0 Å². The predicted octanol–water partition coefficient (Wildman–Crippen LogP) is 1.50. The van der Waals surface area contributed by atoms with Crippen LogP contribution in [0.25, 0.3) is 0 Å². The Morgan fingerprint density at radius 3 is 2.50 bits per heavy atom. The summed E-state index contributed by atoms with van der Waals surface area (Å²) in [6, 6.07) is 3.04. The van der Waals surface area contributed by atoms with E-state index in [2.05, 4.69) is 6.07 Å². The number of thiophene rings is 1. The number of β-lactam (4-membered cyclic amide) rings is 1. The van der Waals surface area contributed by atoms with Crippen LogP contribution in [0.3, 0.4) is 0 Å². The van der Waals surface area contributed by atoms with Crippen molar-refractivity contribution in [1.82, 2.24) is 4.90 Å². The lowest BCUT2D eigenvalue weighted by Crippen LogP contribution is -2.68. The number of hydrogen-bond acceptors (Lipinski definition) is 8. The Hall–Kier alpha value is -3.35. The van der Waals surface area contributed by atoms with E-state index < -0.39 is 30.1 Å². The van der Waals surface area contributed by atoms with Crippen LogP contribution in [0.1, 0.15) is 12.0 Å². The van der Waals surface area contributed by atoms with Gasteiger partial charge in [-0.1, -0.05) is 0 Å². The molecule has 34 heavy (non-hydrogen) atoms. The van der Waals surface area contributed by atoms with Gasteiger partial charge in [-0.2, -0.15) is 18.4 Å². The molecule has 0 radical (unpaired) electrons. The van der Waals surface area contributed by atoms with Gasteiger partial charge in [0.1, 0.15) is 28.2 Å². The van der Waals surface area contributed by atoms with Gasteiger partial charge in [0.25, 0.3) is 5.91 Å². The quantitative estimate of drug-likeness (QED) is 0.399. The van der Waals surface area contributed by atoms with Gasteiger partial charge in [-0.25, -0.2) is 9.59 Å². The molecule has 0 unspecified atom stereocenters. The molecule has 0 saturated carbocycles. The number of aliphatic carboxylic acids is 2. The molecule has 180 valence electrons. The molecule has 0 aromatic carbocycles. The van der Waals surface area contributed by atoms with Crippen molar-refractivity contribution >= 4 is 51.9 Å². The largest absolute Gasteiger partial charge is 0.490 e. The van der Waals surface area contributed by atoms with Crippen molar-refractivity contribution in [2.24, 2.45) is 5.73 Å². The maximum absolute atomic E-state index is 12.8. The van der Waals surface area contributed by atoms with Gasteiger partial charge < -0.3 is 15.9 Å². The van der Waals surface area contributed by atoms with Crippen molar-refractivity contribution in [3.63, 3.8) is 0 Å². The van der Waals surface area contributed by atoms with Gasteiger partial charge >= 0.3 is 18.1 Å². The average molecular weight is 516 g/mol. The minimum absolute atomic E-state index is 0.0990. The highest BCUT2D eigenvalue weighted by Gasteiger charge is 2.51. The molecule has 4 rings (SSSR count). The molecular formula is C19H15F3N4O6S2. The highest BCUT2D eigenvalue weighted by molar-refractivity contribution is 8.00. The zero-order valence-corrected chi connectivity index (χ0v) is 18.5. The molecule has 3 aliphatic heterocycles. The fraction of sp³-hybridized carbons (Fsp3) is 0.316. The number of amides is 2. The molecule has 2 saturated heterocycles. The molecule has 2 amide bonds. The van der Waals surface area contributed by atoms with Crippen molar-refractivity contribution < 1.29 is 42.6 Å². The molecule has 1 aromatic rings. The Kier molecular flexibility index (Phi) is 7.05. The third kappa shape index (κ3) is 4.65. The summed E-state index contributed by atoms with van der Waals surface area (Å²) >= 11 is 2.71. The molecule has 0 spiro atoms. The first-order valence-corrected chi connectivity index (χ1v) is 11.3. The lowest BCUT2D eigenvalue weighted by atomic mass is 10.0. The second-order valence-electron chi connectivity index (χ2n) is 7.05. The number of carbonyl (C=O) groups is 4. The average Bonchev–Trinajstić information content (AvgIpc) is 3.38. The molecule has 2 fully saturated rings. The van der Waals surface area contributed by atoms with Crippen molar-refractivity contribution in [2.45, 2.75) is 24.0 Å². The number of allylic oxidation sites excluding steroid dienone is 1. The van der Waals surface area contributed by atoms with E-state index in [9.17, 15) is 32.7 Å². The van der Waals surface area contributed by atoms with Crippen LogP contribution in [-0.4, -0.2) is 68.8 Å². The van der Waals surface area contributed by atoms with Crippen LogP contribution in [0.4, 0.5) is 18.2 Å².